The zero-order chi connectivity index (χ0) is 8.39. The van der Waals surface area contributed by atoms with Gasteiger partial charge in [0.25, 0.3) is 0 Å². The van der Waals surface area contributed by atoms with Crippen LogP contribution in [0.15, 0.2) is 18.2 Å². The largest absolute Gasteiger partial charge is 0.478 e. The first-order valence-corrected chi connectivity index (χ1v) is 3.82. The molecule has 0 fully saturated rings. The van der Waals surface area contributed by atoms with E-state index in [1.807, 2.05) is 12.1 Å². The van der Waals surface area contributed by atoms with Crippen molar-refractivity contribution < 1.29 is 9.53 Å². The zero-order valence-electron chi connectivity index (χ0n) is 6.54. The topological polar surface area (TPSA) is 38.3 Å². The predicted octanol–water partition coefficient (Wildman–Crippen LogP) is 0.939. The second-order valence-corrected chi connectivity index (χ2v) is 2.70. The van der Waals surface area contributed by atoms with Gasteiger partial charge in [0.2, 0.25) is 0 Å². The molecule has 0 aromatic heterocycles. The number of ether oxygens (including phenoxy) is 1. The van der Waals surface area contributed by atoms with Crippen molar-refractivity contribution in [3.8, 4) is 5.75 Å². The Morgan fingerprint density at radius 2 is 2.42 bits per heavy atom. The molecule has 1 heterocycles. The Balaban J connectivity index is 2.42. The number of hydrogen-bond donors (Lipinski definition) is 1. The molecule has 0 amide bonds. The van der Waals surface area contributed by atoms with E-state index in [1.54, 1.807) is 6.07 Å². The number of carbonyl (C=O) groups excluding carboxylic acids is 1. The summed E-state index contributed by atoms with van der Waals surface area (Å²) in [5.41, 5.74) is 1.74. The van der Waals surface area contributed by atoms with Crippen LogP contribution >= 0.6 is 0 Å². The number of benzene rings is 1. The number of nitrogens with one attached hydrogen (secondary N) is 1. The average Bonchev–Trinajstić information content (AvgIpc) is 2.17. The Bertz CT molecular complexity index is 309. The lowest BCUT2D eigenvalue weighted by Gasteiger charge is -2.17. The van der Waals surface area contributed by atoms with Crippen LogP contribution < -0.4 is 10.1 Å². The molecule has 0 saturated carbocycles. The Labute approximate surface area is 70.3 Å². The van der Waals surface area contributed by atoms with Gasteiger partial charge in [-0.25, -0.2) is 0 Å². The Hall–Kier alpha value is -1.35. The minimum atomic E-state index is 0.549. The van der Waals surface area contributed by atoms with Crippen LogP contribution in [0.1, 0.15) is 15.9 Å². The molecule has 0 unspecified atom stereocenters. The third-order valence-corrected chi connectivity index (χ3v) is 1.87. The van der Waals surface area contributed by atoms with Crippen molar-refractivity contribution in [1.82, 2.24) is 5.32 Å². The molecule has 0 aliphatic carbocycles. The van der Waals surface area contributed by atoms with Crippen LogP contribution in [-0.4, -0.2) is 13.0 Å². The van der Waals surface area contributed by atoms with E-state index in [-0.39, 0.29) is 0 Å². The van der Waals surface area contributed by atoms with E-state index in [0.29, 0.717) is 12.3 Å². The Morgan fingerprint density at radius 1 is 1.50 bits per heavy atom. The lowest BCUT2D eigenvalue weighted by molar-refractivity contribution is 0.112. The van der Waals surface area contributed by atoms with E-state index in [2.05, 4.69) is 5.32 Å². The third kappa shape index (κ3) is 1.19. The highest BCUT2D eigenvalue weighted by Gasteiger charge is 2.08. The van der Waals surface area contributed by atoms with Crippen molar-refractivity contribution in [2.24, 2.45) is 0 Å². The van der Waals surface area contributed by atoms with Crippen LogP contribution in [-0.2, 0) is 6.54 Å². The molecule has 62 valence electrons. The molecule has 1 aromatic rings. The quantitative estimate of drug-likeness (QED) is 0.626. The van der Waals surface area contributed by atoms with E-state index >= 15 is 0 Å². The molecule has 1 aromatic carbocycles. The van der Waals surface area contributed by atoms with Gasteiger partial charge in [0.15, 0.2) is 0 Å². The fourth-order valence-corrected chi connectivity index (χ4v) is 1.27. The third-order valence-electron chi connectivity index (χ3n) is 1.87. The van der Waals surface area contributed by atoms with Crippen molar-refractivity contribution >= 4 is 6.29 Å². The van der Waals surface area contributed by atoms with Gasteiger partial charge >= 0.3 is 0 Å². The molecule has 1 N–H and O–H groups in total. The second kappa shape index (κ2) is 2.95. The van der Waals surface area contributed by atoms with Crippen molar-refractivity contribution in [2.45, 2.75) is 6.54 Å². The van der Waals surface area contributed by atoms with Gasteiger partial charge in [0, 0.05) is 17.7 Å². The first-order valence-electron chi connectivity index (χ1n) is 3.82. The predicted molar refractivity (Wildman–Crippen MR) is 44.2 cm³/mol. The molecular formula is C9H9NO2. The van der Waals surface area contributed by atoms with Crippen LogP contribution in [0, 0.1) is 0 Å². The van der Waals surface area contributed by atoms with Crippen molar-refractivity contribution in [3.05, 3.63) is 29.3 Å². The summed E-state index contributed by atoms with van der Waals surface area (Å²) in [4.78, 5) is 10.4. The van der Waals surface area contributed by atoms with Gasteiger partial charge in [-0.2, -0.15) is 0 Å². The monoisotopic (exact) mass is 163 g/mol. The van der Waals surface area contributed by atoms with E-state index in [0.717, 1.165) is 24.1 Å². The lowest BCUT2D eigenvalue weighted by atomic mass is 10.1. The minimum Gasteiger partial charge on any atom is -0.478 e. The fraction of sp³-hybridized carbons (Fsp3) is 0.222. The Morgan fingerprint density at radius 3 is 3.25 bits per heavy atom. The van der Waals surface area contributed by atoms with E-state index in [1.165, 1.54) is 0 Å². The molecule has 0 bridgehead atoms. The standard InChI is InChI=1S/C9H9NO2/c11-5-7-1-2-9-8(3-7)4-10-6-12-9/h1-3,5,10H,4,6H2. The van der Waals surface area contributed by atoms with Gasteiger partial charge in [-0.1, -0.05) is 0 Å². The normalized spacial score (nSPS) is 14.7. The van der Waals surface area contributed by atoms with E-state index in [9.17, 15) is 4.79 Å². The average molecular weight is 163 g/mol. The maximum atomic E-state index is 10.4. The van der Waals surface area contributed by atoms with Gasteiger partial charge in [-0.3, -0.25) is 10.1 Å². The number of rotatable bonds is 1. The van der Waals surface area contributed by atoms with Crippen molar-refractivity contribution in [2.75, 3.05) is 6.73 Å². The molecule has 2 rings (SSSR count). The summed E-state index contributed by atoms with van der Waals surface area (Å²) in [6.45, 7) is 1.32. The van der Waals surface area contributed by atoms with Gasteiger partial charge in [-0.15, -0.1) is 0 Å². The molecular weight excluding hydrogens is 154 g/mol. The number of hydrogen-bond acceptors (Lipinski definition) is 3. The summed E-state index contributed by atoms with van der Waals surface area (Å²) in [5.74, 6) is 0.874. The van der Waals surface area contributed by atoms with Crippen LogP contribution in [0.3, 0.4) is 0 Å². The highest BCUT2D eigenvalue weighted by atomic mass is 16.5. The SMILES string of the molecule is O=Cc1ccc2c(c1)CNCO2. The van der Waals surface area contributed by atoms with Gasteiger partial charge in [0.1, 0.15) is 18.8 Å². The smallest absolute Gasteiger partial charge is 0.150 e. The number of carbonyl (C=O) groups is 1. The van der Waals surface area contributed by atoms with Crippen molar-refractivity contribution in [3.63, 3.8) is 0 Å². The molecule has 1 aliphatic heterocycles. The minimum absolute atomic E-state index is 0.549. The molecule has 3 nitrogen and oxygen atoms in total. The van der Waals surface area contributed by atoms with Crippen LogP contribution in [0.5, 0.6) is 5.75 Å². The molecule has 1 aliphatic rings. The zero-order valence-corrected chi connectivity index (χ0v) is 6.54. The molecule has 0 saturated heterocycles. The summed E-state index contributed by atoms with van der Waals surface area (Å²) in [7, 11) is 0. The van der Waals surface area contributed by atoms with Crippen LogP contribution in [0.4, 0.5) is 0 Å². The number of aldehydes is 1. The maximum absolute atomic E-state index is 10.4. The molecule has 12 heavy (non-hydrogen) atoms. The summed E-state index contributed by atoms with van der Waals surface area (Å²) in [6.07, 6.45) is 0.842. The second-order valence-electron chi connectivity index (χ2n) is 2.70. The number of fused-ring (bicyclic) bond motifs is 1. The maximum Gasteiger partial charge on any atom is 0.150 e. The van der Waals surface area contributed by atoms with E-state index < -0.39 is 0 Å². The van der Waals surface area contributed by atoms with E-state index in [4.69, 9.17) is 4.74 Å². The van der Waals surface area contributed by atoms with Gasteiger partial charge in [-0.05, 0) is 18.2 Å². The summed E-state index contributed by atoms with van der Waals surface area (Å²) >= 11 is 0. The summed E-state index contributed by atoms with van der Waals surface area (Å²) in [5, 5.41) is 3.05. The van der Waals surface area contributed by atoms with Crippen LogP contribution in [0.25, 0.3) is 0 Å². The molecule has 0 radical (unpaired) electrons. The Kier molecular flexibility index (Phi) is 1.80. The summed E-state index contributed by atoms with van der Waals surface area (Å²) in [6, 6.07) is 5.44. The highest BCUT2D eigenvalue weighted by Crippen LogP contribution is 2.21. The van der Waals surface area contributed by atoms with Crippen molar-refractivity contribution in [1.29, 1.82) is 0 Å². The molecule has 0 spiro atoms. The van der Waals surface area contributed by atoms with Gasteiger partial charge in [0.05, 0.1) is 0 Å². The first-order chi connectivity index (χ1) is 5.90. The highest BCUT2D eigenvalue weighted by molar-refractivity contribution is 5.75. The van der Waals surface area contributed by atoms with Gasteiger partial charge < -0.3 is 4.74 Å². The lowest BCUT2D eigenvalue weighted by Crippen LogP contribution is -2.25. The van der Waals surface area contributed by atoms with Crippen LogP contribution in [0.2, 0.25) is 0 Å². The molecule has 3 heteroatoms. The first kappa shape index (κ1) is 7.31. The molecule has 0 atom stereocenters. The fourth-order valence-electron chi connectivity index (χ4n) is 1.27. The summed E-state index contributed by atoms with van der Waals surface area (Å²) < 4.78 is 5.30.